The Kier molecular flexibility index (Phi) is 5.27. The summed E-state index contributed by atoms with van der Waals surface area (Å²) in [7, 11) is 0. The standard InChI is InChI=1S/C19H25NO4S/c1-11-9-14(12(2)25-11)17(21)7-8-18(22)20-15-6-4-3-5-13(15)10-16(20)19(23)24/h9,13,15-16H,3-8,10H2,1-2H3,(H,23,24). The Morgan fingerprint density at radius 2 is 1.92 bits per heavy atom. The monoisotopic (exact) mass is 363 g/mol. The molecule has 136 valence electrons. The zero-order valence-corrected chi connectivity index (χ0v) is 15.6. The van der Waals surface area contributed by atoms with Gasteiger partial charge >= 0.3 is 5.97 Å². The number of ketones is 1. The molecule has 6 heteroatoms. The fraction of sp³-hybridized carbons (Fsp3) is 0.632. The van der Waals surface area contributed by atoms with Gasteiger partial charge in [-0.2, -0.15) is 0 Å². The summed E-state index contributed by atoms with van der Waals surface area (Å²) in [6, 6.07) is 1.20. The fourth-order valence-electron chi connectivity index (χ4n) is 4.43. The van der Waals surface area contributed by atoms with Crippen molar-refractivity contribution in [2.75, 3.05) is 0 Å². The molecule has 2 fully saturated rings. The number of amides is 1. The Hall–Kier alpha value is -1.69. The van der Waals surface area contributed by atoms with Gasteiger partial charge in [-0.3, -0.25) is 9.59 Å². The molecular weight excluding hydrogens is 338 g/mol. The van der Waals surface area contributed by atoms with Gasteiger partial charge in [0.2, 0.25) is 5.91 Å². The van der Waals surface area contributed by atoms with Crippen molar-refractivity contribution in [2.24, 2.45) is 5.92 Å². The first-order valence-electron chi connectivity index (χ1n) is 9.02. The number of carboxylic acids is 1. The van der Waals surface area contributed by atoms with Crippen molar-refractivity contribution in [3.63, 3.8) is 0 Å². The second-order valence-corrected chi connectivity index (χ2v) is 8.71. The number of carbonyl (C=O) groups excluding carboxylic acids is 2. The Labute approximate surface area is 152 Å². The SMILES string of the molecule is Cc1cc(C(=O)CCC(=O)N2C(C(=O)O)CC3CCCCC32)c(C)s1. The van der Waals surface area contributed by atoms with Crippen LogP contribution in [0.1, 0.15) is 65.1 Å². The molecule has 1 aromatic rings. The lowest BCUT2D eigenvalue weighted by atomic mass is 9.84. The zero-order chi connectivity index (χ0) is 18.1. The second kappa shape index (κ2) is 7.28. The van der Waals surface area contributed by atoms with Gasteiger partial charge in [0.05, 0.1) is 0 Å². The van der Waals surface area contributed by atoms with Gasteiger partial charge in [0.25, 0.3) is 0 Å². The maximum absolute atomic E-state index is 12.8. The van der Waals surface area contributed by atoms with Crippen molar-refractivity contribution >= 4 is 29.0 Å². The quantitative estimate of drug-likeness (QED) is 0.812. The van der Waals surface area contributed by atoms with Crippen molar-refractivity contribution in [3.8, 4) is 0 Å². The van der Waals surface area contributed by atoms with Crippen LogP contribution in [-0.2, 0) is 9.59 Å². The third-order valence-corrected chi connectivity index (χ3v) is 6.53. The normalized spacial score (nSPS) is 25.7. The van der Waals surface area contributed by atoms with E-state index in [2.05, 4.69) is 0 Å². The van der Waals surface area contributed by atoms with E-state index in [1.807, 2.05) is 19.9 Å². The number of likely N-dealkylation sites (tertiary alicyclic amines) is 1. The van der Waals surface area contributed by atoms with Crippen LogP contribution in [0.3, 0.4) is 0 Å². The van der Waals surface area contributed by atoms with Gasteiger partial charge in [-0.1, -0.05) is 12.8 Å². The highest BCUT2D eigenvalue weighted by atomic mass is 32.1. The van der Waals surface area contributed by atoms with Gasteiger partial charge in [0.1, 0.15) is 6.04 Å². The van der Waals surface area contributed by atoms with Crippen LogP contribution in [0.25, 0.3) is 0 Å². The van der Waals surface area contributed by atoms with Crippen molar-refractivity contribution in [1.82, 2.24) is 4.90 Å². The molecule has 1 amide bonds. The molecule has 2 aliphatic rings. The van der Waals surface area contributed by atoms with Gasteiger partial charge in [-0.15, -0.1) is 11.3 Å². The minimum Gasteiger partial charge on any atom is -0.480 e. The fourth-order valence-corrected chi connectivity index (χ4v) is 5.37. The van der Waals surface area contributed by atoms with Crippen LogP contribution < -0.4 is 0 Å². The molecule has 0 spiro atoms. The largest absolute Gasteiger partial charge is 0.480 e. The molecule has 2 heterocycles. The topological polar surface area (TPSA) is 74.7 Å². The Balaban J connectivity index is 1.67. The number of fused-ring (bicyclic) bond motifs is 1. The maximum atomic E-state index is 12.8. The second-order valence-electron chi connectivity index (χ2n) is 7.25. The predicted molar refractivity (Wildman–Crippen MR) is 96.0 cm³/mol. The molecule has 3 unspecified atom stereocenters. The molecule has 1 aliphatic heterocycles. The van der Waals surface area contributed by atoms with Gasteiger partial charge in [0.15, 0.2) is 5.78 Å². The first-order chi connectivity index (χ1) is 11.9. The van der Waals surface area contributed by atoms with Crippen LogP contribution in [0, 0.1) is 19.8 Å². The Bertz CT molecular complexity index is 696. The van der Waals surface area contributed by atoms with Crippen LogP contribution >= 0.6 is 11.3 Å². The number of aliphatic carboxylic acids is 1. The molecule has 1 saturated heterocycles. The summed E-state index contributed by atoms with van der Waals surface area (Å²) in [5, 5.41) is 9.51. The number of hydrogen-bond donors (Lipinski definition) is 1. The number of Topliss-reactive ketones (excluding diaryl/α,β-unsaturated/α-hetero) is 1. The van der Waals surface area contributed by atoms with E-state index < -0.39 is 12.0 Å². The lowest BCUT2D eigenvalue weighted by Gasteiger charge is -2.33. The zero-order valence-electron chi connectivity index (χ0n) is 14.8. The van der Waals surface area contributed by atoms with E-state index in [0.29, 0.717) is 17.9 Å². The van der Waals surface area contributed by atoms with E-state index in [-0.39, 0.29) is 30.6 Å². The molecule has 0 bridgehead atoms. The highest BCUT2D eigenvalue weighted by molar-refractivity contribution is 7.12. The summed E-state index contributed by atoms with van der Waals surface area (Å²) in [5.74, 6) is -0.823. The first kappa shape index (κ1) is 18.1. The number of hydrogen-bond acceptors (Lipinski definition) is 4. The molecule has 5 nitrogen and oxygen atoms in total. The van der Waals surface area contributed by atoms with Crippen molar-refractivity contribution in [3.05, 3.63) is 21.4 Å². The summed E-state index contributed by atoms with van der Waals surface area (Å²) in [6.07, 6.45) is 4.86. The molecule has 1 aromatic heterocycles. The van der Waals surface area contributed by atoms with E-state index in [1.54, 1.807) is 16.2 Å². The molecule has 1 saturated carbocycles. The van der Waals surface area contributed by atoms with Crippen LogP contribution in [0.2, 0.25) is 0 Å². The number of rotatable bonds is 5. The summed E-state index contributed by atoms with van der Waals surface area (Å²) in [4.78, 5) is 40.4. The number of aryl methyl sites for hydroxylation is 2. The molecule has 0 radical (unpaired) electrons. The number of thiophene rings is 1. The third kappa shape index (κ3) is 3.64. The molecule has 1 N–H and O–H groups in total. The van der Waals surface area contributed by atoms with Crippen molar-refractivity contribution in [1.29, 1.82) is 0 Å². The van der Waals surface area contributed by atoms with E-state index >= 15 is 0 Å². The minimum atomic E-state index is -0.918. The Morgan fingerprint density at radius 1 is 1.20 bits per heavy atom. The Morgan fingerprint density at radius 3 is 2.56 bits per heavy atom. The molecule has 25 heavy (non-hydrogen) atoms. The summed E-state index contributed by atoms with van der Waals surface area (Å²) >= 11 is 1.58. The highest BCUT2D eigenvalue weighted by Gasteiger charge is 2.47. The van der Waals surface area contributed by atoms with Crippen molar-refractivity contribution in [2.45, 2.75) is 70.9 Å². The summed E-state index contributed by atoms with van der Waals surface area (Å²) in [6.45, 7) is 3.88. The predicted octanol–water partition coefficient (Wildman–Crippen LogP) is 3.57. The lowest BCUT2D eigenvalue weighted by Crippen LogP contribution is -2.46. The number of nitrogens with zero attached hydrogens (tertiary/aromatic N) is 1. The summed E-state index contributed by atoms with van der Waals surface area (Å²) < 4.78 is 0. The average Bonchev–Trinajstić information content (AvgIpc) is 3.12. The van der Waals surface area contributed by atoms with Crippen LogP contribution in [-0.4, -0.2) is 39.7 Å². The molecule has 3 atom stereocenters. The molecular formula is C19H25NO4S. The van der Waals surface area contributed by atoms with Crippen LogP contribution in [0.15, 0.2) is 6.07 Å². The molecule has 0 aromatic carbocycles. The lowest BCUT2D eigenvalue weighted by molar-refractivity contribution is -0.149. The van der Waals surface area contributed by atoms with E-state index in [0.717, 1.165) is 35.4 Å². The minimum absolute atomic E-state index is 0.0264. The van der Waals surface area contributed by atoms with E-state index in [4.69, 9.17) is 0 Å². The number of carbonyl (C=O) groups is 3. The van der Waals surface area contributed by atoms with Gasteiger partial charge < -0.3 is 10.0 Å². The molecule has 1 aliphatic carbocycles. The smallest absolute Gasteiger partial charge is 0.326 e. The van der Waals surface area contributed by atoms with Gasteiger partial charge in [0, 0.05) is 34.2 Å². The summed E-state index contributed by atoms with van der Waals surface area (Å²) in [5.41, 5.74) is 0.696. The number of carboxylic acid groups (broad SMARTS) is 1. The van der Waals surface area contributed by atoms with Gasteiger partial charge in [-0.05, 0) is 45.1 Å². The van der Waals surface area contributed by atoms with Crippen LogP contribution in [0.5, 0.6) is 0 Å². The highest BCUT2D eigenvalue weighted by Crippen LogP contribution is 2.40. The average molecular weight is 363 g/mol. The molecule has 3 rings (SSSR count). The third-order valence-electron chi connectivity index (χ3n) is 5.57. The van der Waals surface area contributed by atoms with E-state index in [9.17, 15) is 19.5 Å². The van der Waals surface area contributed by atoms with Crippen molar-refractivity contribution < 1.29 is 19.5 Å². The maximum Gasteiger partial charge on any atom is 0.326 e. The van der Waals surface area contributed by atoms with Crippen LogP contribution in [0.4, 0.5) is 0 Å². The van der Waals surface area contributed by atoms with E-state index in [1.165, 1.54) is 0 Å². The van der Waals surface area contributed by atoms with Gasteiger partial charge in [-0.25, -0.2) is 4.79 Å². The first-order valence-corrected chi connectivity index (χ1v) is 9.84.